The van der Waals surface area contributed by atoms with E-state index in [0.717, 1.165) is 0 Å². The normalized spacial score (nSPS) is 20.3. The highest BCUT2D eigenvalue weighted by Crippen LogP contribution is 2.27. The number of nitrogens with zero attached hydrogens (tertiary/aromatic N) is 3. The molecule has 1 unspecified atom stereocenters. The number of aryl methyl sites for hydroxylation is 2. The Kier molecular flexibility index (Phi) is 5.03. The topological polar surface area (TPSA) is 84.7 Å². The average Bonchev–Trinajstić information content (AvgIpc) is 3.02. The van der Waals surface area contributed by atoms with Crippen molar-refractivity contribution in [2.24, 2.45) is 0 Å². The molecule has 2 rings (SSSR count). The molecule has 8 heteroatoms. The van der Waals surface area contributed by atoms with E-state index in [2.05, 4.69) is 5.10 Å². The third-order valence-electron chi connectivity index (χ3n) is 3.88. The maximum absolute atomic E-state index is 12.8. The number of hydrogen-bond acceptors (Lipinski definition) is 5. The Labute approximate surface area is 125 Å². The van der Waals surface area contributed by atoms with Crippen LogP contribution in [0.15, 0.2) is 4.90 Å². The molecule has 1 atom stereocenters. The zero-order valence-electron chi connectivity index (χ0n) is 12.7. The van der Waals surface area contributed by atoms with Gasteiger partial charge in [-0.15, -0.1) is 0 Å². The van der Waals surface area contributed by atoms with Crippen LogP contribution in [0, 0.1) is 13.8 Å². The van der Waals surface area contributed by atoms with Crippen LogP contribution < -0.4 is 0 Å². The number of sulfonamides is 1. The molecule has 1 saturated heterocycles. The molecular weight excluding hydrogens is 294 g/mol. The molecule has 0 saturated carbocycles. The van der Waals surface area contributed by atoms with Crippen LogP contribution in [0.5, 0.6) is 0 Å². The molecule has 120 valence electrons. The highest BCUT2D eigenvalue weighted by Gasteiger charge is 2.36. The van der Waals surface area contributed by atoms with Gasteiger partial charge in [-0.25, -0.2) is 8.42 Å². The van der Waals surface area contributed by atoms with Crippen molar-refractivity contribution in [2.75, 3.05) is 26.8 Å². The van der Waals surface area contributed by atoms with Gasteiger partial charge < -0.3 is 9.84 Å². The lowest BCUT2D eigenvalue weighted by atomic mass is 10.3. The third kappa shape index (κ3) is 3.13. The van der Waals surface area contributed by atoms with Crippen LogP contribution in [0.3, 0.4) is 0 Å². The highest BCUT2D eigenvalue weighted by atomic mass is 32.2. The summed E-state index contributed by atoms with van der Waals surface area (Å²) in [5, 5.41) is 13.2. The Morgan fingerprint density at radius 2 is 2.14 bits per heavy atom. The molecule has 2 heterocycles. The lowest BCUT2D eigenvalue weighted by Crippen LogP contribution is -2.30. The van der Waals surface area contributed by atoms with Crippen molar-refractivity contribution in [3.63, 3.8) is 0 Å². The summed E-state index contributed by atoms with van der Waals surface area (Å²) in [7, 11) is -1.94. The third-order valence-corrected chi connectivity index (χ3v) is 6.00. The van der Waals surface area contributed by atoms with Crippen molar-refractivity contribution in [2.45, 2.75) is 44.2 Å². The second kappa shape index (κ2) is 6.43. The fourth-order valence-corrected chi connectivity index (χ4v) is 4.59. The summed E-state index contributed by atoms with van der Waals surface area (Å²) in [6.45, 7) is 4.90. The van der Waals surface area contributed by atoms with Gasteiger partial charge in [0.05, 0.1) is 17.5 Å². The van der Waals surface area contributed by atoms with Crippen LogP contribution in [-0.2, 0) is 21.3 Å². The van der Waals surface area contributed by atoms with Crippen LogP contribution in [0.4, 0.5) is 0 Å². The minimum Gasteiger partial charge on any atom is -0.396 e. The predicted octanol–water partition coefficient (Wildman–Crippen LogP) is 0.292. The number of rotatable bonds is 6. The van der Waals surface area contributed by atoms with E-state index in [9.17, 15) is 8.42 Å². The Morgan fingerprint density at radius 3 is 2.71 bits per heavy atom. The van der Waals surface area contributed by atoms with Crippen LogP contribution in [0.1, 0.15) is 24.2 Å². The molecule has 1 aliphatic rings. The number of aliphatic hydroxyl groups excluding tert-OH is 1. The minimum absolute atomic E-state index is 0.0372. The van der Waals surface area contributed by atoms with Gasteiger partial charge in [-0.2, -0.15) is 9.40 Å². The second-order valence-electron chi connectivity index (χ2n) is 5.31. The number of aliphatic hydroxyl groups is 1. The van der Waals surface area contributed by atoms with Crippen molar-refractivity contribution in [3.05, 3.63) is 11.4 Å². The Hall–Kier alpha value is -0.960. The van der Waals surface area contributed by atoms with Gasteiger partial charge >= 0.3 is 0 Å². The molecule has 1 aromatic heterocycles. The largest absolute Gasteiger partial charge is 0.396 e. The molecule has 0 amide bonds. The molecule has 21 heavy (non-hydrogen) atoms. The number of ether oxygens (including phenoxy) is 1. The van der Waals surface area contributed by atoms with Gasteiger partial charge in [0.15, 0.2) is 0 Å². The van der Waals surface area contributed by atoms with Gasteiger partial charge in [-0.05, 0) is 26.7 Å². The molecule has 1 fully saturated rings. The first-order chi connectivity index (χ1) is 9.91. The van der Waals surface area contributed by atoms with E-state index in [1.807, 2.05) is 0 Å². The van der Waals surface area contributed by atoms with Gasteiger partial charge in [-0.1, -0.05) is 0 Å². The van der Waals surface area contributed by atoms with Gasteiger partial charge in [0.25, 0.3) is 0 Å². The Balaban J connectivity index is 2.30. The van der Waals surface area contributed by atoms with Crippen molar-refractivity contribution in [1.29, 1.82) is 0 Å². The summed E-state index contributed by atoms with van der Waals surface area (Å²) < 4.78 is 33.9. The smallest absolute Gasteiger partial charge is 0.246 e. The first-order valence-electron chi connectivity index (χ1n) is 7.09. The molecule has 1 aliphatic heterocycles. The van der Waals surface area contributed by atoms with Crippen LogP contribution in [0.25, 0.3) is 0 Å². The summed E-state index contributed by atoms with van der Waals surface area (Å²) in [4.78, 5) is 0.289. The lowest BCUT2D eigenvalue weighted by Gasteiger charge is -2.16. The summed E-state index contributed by atoms with van der Waals surface area (Å²) >= 11 is 0. The maximum atomic E-state index is 12.8. The first kappa shape index (κ1) is 16.4. The number of hydrogen-bond donors (Lipinski definition) is 1. The SMILES string of the molecule is COC1CCN(S(=O)(=O)c2c(C)nn(CCCO)c2C)C1. The van der Waals surface area contributed by atoms with E-state index in [-0.39, 0.29) is 17.6 Å². The zero-order chi connectivity index (χ0) is 15.6. The van der Waals surface area contributed by atoms with Gasteiger partial charge in [0.1, 0.15) is 4.90 Å². The molecule has 0 radical (unpaired) electrons. The molecule has 0 spiro atoms. The molecule has 7 nitrogen and oxygen atoms in total. The van der Waals surface area contributed by atoms with E-state index in [1.165, 1.54) is 4.31 Å². The monoisotopic (exact) mass is 317 g/mol. The molecule has 1 aromatic rings. The maximum Gasteiger partial charge on any atom is 0.246 e. The number of aromatic nitrogens is 2. The second-order valence-corrected chi connectivity index (χ2v) is 7.18. The van der Waals surface area contributed by atoms with Gasteiger partial charge in [-0.3, -0.25) is 4.68 Å². The van der Waals surface area contributed by atoms with Gasteiger partial charge in [0, 0.05) is 33.4 Å². The van der Waals surface area contributed by atoms with E-state index >= 15 is 0 Å². The summed E-state index contributed by atoms with van der Waals surface area (Å²) in [6.07, 6.45) is 1.23. The Bertz CT molecular complexity index is 597. The summed E-state index contributed by atoms with van der Waals surface area (Å²) in [5.41, 5.74) is 1.13. The van der Waals surface area contributed by atoms with Crippen LogP contribution >= 0.6 is 0 Å². The van der Waals surface area contributed by atoms with Gasteiger partial charge in [0.2, 0.25) is 10.0 Å². The standard InChI is InChI=1S/C13H23N3O4S/c1-10-13(11(2)16(14-10)6-4-8-17)21(18,19)15-7-5-12(9-15)20-3/h12,17H,4-9H2,1-3H3. The Morgan fingerprint density at radius 1 is 1.43 bits per heavy atom. The lowest BCUT2D eigenvalue weighted by molar-refractivity contribution is 0.115. The van der Waals surface area contributed by atoms with E-state index < -0.39 is 10.0 Å². The van der Waals surface area contributed by atoms with E-state index in [4.69, 9.17) is 9.84 Å². The van der Waals surface area contributed by atoms with E-state index in [1.54, 1.807) is 25.6 Å². The van der Waals surface area contributed by atoms with E-state index in [0.29, 0.717) is 43.9 Å². The summed E-state index contributed by atoms with van der Waals surface area (Å²) in [6, 6.07) is 0. The van der Waals surface area contributed by atoms with Crippen molar-refractivity contribution in [1.82, 2.24) is 14.1 Å². The fraction of sp³-hybridized carbons (Fsp3) is 0.769. The molecule has 0 aromatic carbocycles. The first-order valence-corrected chi connectivity index (χ1v) is 8.53. The molecule has 1 N–H and O–H groups in total. The summed E-state index contributed by atoms with van der Waals surface area (Å²) in [5.74, 6) is 0. The molecule has 0 aliphatic carbocycles. The average molecular weight is 317 g/mol. The quantitative estimate of drug-likeness (QED) is 0.815. The zero-order valence-corrected chi connectivity index (χ0v) is 13.6. The molecular formula is C13H23N3O4S. The van der Waals surface area contributed by atoms with Crippen LogP contribution in [-0.4, -0.2) is 60.5 Å². The van der Waals surface area contributed by atoms with Crippen LogP contribution in [0.2, 0.25) is 0 Å². The number of methoxy groups -OCH3 is 1. The fourth-order valence-electron chi connectivity index (χ4n) is 2.73. The van der Waals surface area contributed by atoms with Crippen molar-refractivity contribution in [3.8, 4) is 0 Å². The predicted molar refractivity (Wildman–Crippen MR) is 77.6 cm³/mol. The molecule has 0 bridgehead atoms. The van der Waals surface area contributed by atoms with Crippen molar-refractivity contribution >= 4 is 10.0 Å². The highest BCUT2D eigenvalue weighted by molar-refractivity contribution is 7.89. The minimum atomic E-state index is -3.54. The van der Waals surface area contributed by atoms with Crippen molar-refractivity contribution < 1.29 is 18.3 Å².